The minimum atomic E-state index is 0.774. The Labute approximate surface area is 145 Å². The maximum Gasteiger partial charge on any atom is 0.163 e. The van der Waals surface area contributed by atoms with Crippen molar-refractivity contribution in [2.45, 2.75) is 25.7 Å². The Balaban J connectivity index is 1.85. The molecule has 4 rings (SSSR count). The van der Waals surface area contributed by atoms with E-state index in [1.807, 2.05) is 30.5 Å². The molecule has 0 fully saturated rings. The minimum Gasteiger partial charge on any atom is -0.368 e. The molecule has 6 heteroatoms. The van der Waals surface area contributed by atoms with E-state index in [-0.39, 0.29) is 0 Å². The smallest absolute Gasteiger partial charge is 0.163 e. The van der Waals surface area contributed by atoms with E-state index < -0.39 is 0 Å². The zero-order valence-corrected chi connectivity index (χ0v) is 14.6. The lowest BCUT2D eigenvalue weighted by Crippen LogP contribution is -2.18. The van der Waals surface area contributed by atoms with Crippen LogP contribution in [0.3, 0.4) is 0 Å². The molecule has 1 aliphatic rings. The summed E-state index contributed by atoms with van der Waals surface area (Å²) < 4.78 is 0. The molecule has 0 radical (unpaired) electrons. The monoisotopic (exact) mass is 339 g/mol. The van der Waals surface area contributed by atoms with Gasteiger partial charge in [-0.1, -0.05) is 0 Å². The first-order chi connectivity index (χ1) is 11.9. The quantitative estimate of drug-likeness (QED) is 0.699. The summed E-state index contributed by atoms with van der Waals surface area (Å²) in [4.78, 5) is 16.4. The van der Waals surface area contributed by atoms with Crippen LogP contribution < -0.4 is 10.6 Å². The molecule has 3 aromatic heterocycles. The standard InChI is InChI=1S/C18H21N5S/c1-19-10-11-21-17-15-13-4-2-3-5-14(13)24-18(15)23-16(22-17)12-6-8-20-9-7-12/h6-9,19H,2-5,10-11H2,1H3,(H,21,22,23). The highest BCUT2D eigenvalue weighted by Crippen LogP contribution is 2.39. The second-order valence-corrected chi connectivity index (χ2v) is 7.14. The normalized spacial score (nSPS) is 13.9. The van der Waals surface area contributed by atoms with Crippen molar-refractivity contribution in [2.24, 2.45) is 0 Å². The van der Waals surface area contributed by atoms with E-state index in [4.69, 9.17) is 9.97 Å². The molecule has 2 N–H and O–H groups in total. The van der Waals surface area contributed by atoms with E-state index in [1.54, 1.807) is 12.4 Å². The molecule has 0 atom stereocenters. The molecule has 0 saturated heterocycles. The molecular weight excluding hydrogens is 318 g/mol. The van der Waals surface area contributed by atoms with E-state index in [1.165, 1.54) is 35.1 Å². The summed E-state index contributed by atoms with van der Waals surface area (Å²) in [6.45, 7) is 1.76. The number of likely N-dealkylation sites (N-methyl/N-ethyl adjacent to an activating group) is 1. The average molecular weight is 339 g/mol. The van der Waals surface area contributed by atoms with Crippen LogP contribution in [0.1, 0.15) is 23.3 Å². The molecule has 0 bridgehead atoms. The van der Waals surface area contributed by atoms with Gasteiger partial charge in [0.1, 0.15) is 10.6 Å². The Morgan fingerprint density at radius 1 is 1.08 bits per heavy atom. The minimum absolute atomic E-state index is 0.774. The molecule has 0 aliphatic heterocycles. The van der Waals surface area contributed by atoms with Crippen LogP contribution in [0.25, 0.3) is 21.6 Å². The fourth-order valence-corrected chi connectivity index (χ4v) is 4.48. The Morgan fingerprint density at radius 2 is 1.92 bits per heavy atom. The summed E-state index contributed by atoms with van der Waals surface area (Å²) in [5.41, 5.74) is 2.48. The summed E-state index contributed by atoms with van der Waals surface area (Å²) in [5.74, 6) is 1.75. The van der Waals surface area contributed by atoms with Gasteiger partial charge in [0.2, 0.25) is 0 Å². The fraction of sp³-hybridized carbons (Fsp3) is 0.389. The van der Waals surface area contributed by atoms with E-state index >= 15 is 0 Å². The molecule has 3 heterocycles. The molecule has 1 aliphatic carbocycles. The third-order valence-corrected chi connectivity index (χ3v) is 5.61. The van der Waals surface area contributed by atoms with Crippen LogP contribution in [0.4, 0.5) is 5.82 Å². The Hall–Kier alpha value is -2.05. The number of hydrogen-bond donors (Lipinski definition) is 2. The van der Waals surface area contributed by atoms with Gasteiger partial charge in [0.15, 0.2) is 5.82 Å². The lowest BCUT2D eigenvalue weighted by atomic mass is 9.97. The van der Waals surface area contributed by atoms with Crippen molar-refractivity contribution < 1.29 is 0 Å². The van der Waals surface area contributed by atoms with Gasteiger partial charge in [-0.3, -0.25) is 4.98 Å². The Kier molecular flexibility index (Phi) is 4.40. The van der Waals surface area contributed by atoms with Crippen LogP contribution in [0, 0.1) is 0 Å². The van der Waals surface area contributed by atoms with Crippen molar-refractivity contribution in [1.82, 2.24) is 20.3 Å². The van der Waals surface area contributed by atoms with Gasteiger partial charge in [-0.25, -0.2) is 9.97 Å². The highest BCUT2D eigenvalue weighted by atomic mass is 32.1. The van der Waals surface area contributed by atoms with Crippen LogP contribution in [0.5, 0.6) is 0 Å². The largest absolute Gasteiger partial charge is 0.368 e. The number of hydrogen-bond acceptors (Lipinski definition) is 6. The van der Waals surface area contributed by atoms with Crippen molar-refractivity contribution in [2.75, 3.05) is 25.5 Å². The number of nitrogens with one attached hydrogen (secondary N) is 2. The molecule has 5 nitrogen and oxygen atoms in total. The van der Waals surface area contributed by atoms with Crippen LogP contribution in [-0.2, 0) is 12.8 Å². The van der Waals surface area contributed by atoms with Gasteiger partial charge in [0.25, 0.3) is 0 Å². The number of thiophene rings is 1. The van der Waals surface area contributed by atoms with Crippen LogP contribution in [-0.4, -0.2) is 35.1 Å². The second-order valence-electron chi connectivity index (χ2n) is 6.05. The van der Waals surface area contributed by atoms with Crippen molar-refractivity contribution in [3.63, 3.8) is 0 Å². The highest BCUT2D eigenvalue weighted by Gasteiger charge is 2.21. The number of pyridine rings is 1. The Bertz CT molecular complexity index is 843. The number of fused-ring (bicyclic) bond motifs is 3. The maximum absolute atomic E-state index is 4.86. The SMILES string of the molecule is CNCCNc1nc(-c2ccncc2)nc2sc3c(c12)CCCC3. The molecule has 3 aromatic rings. The molecule has 0 saturated carbocycles. The van der Waals surface area contributed by atoms with Gasteiger partial charge in [0, 0.05) is 35.9 Å². The topological polar surface area (TPSA) is 62.7 Å². The highest BCUT2D eigenvalue weighted by molar-refractivity contribution is 7.19. The molecular formula is C18H21N5S. The summed E-state index contributed by atoms with van der Waals surface area (Å²) in [6.07, 6.45) is 8.45. The molecule has 0 unspecified atom stereocenters. The second kappa shape index (κ2) is 6.83. The third-order valence-electron chi connectivity index (χ3n) is 4.42. The molecule has 0 amide bonds. The van der Waals surface area contributed by atoms with Crippen LogP contribution in [0.15, 0.2) is 24.5 Å². The van der Waals surface area contributed by atoms with E-state index in [2.05, 4.69) is 15.6 Å². The summed E-state index contributed by atoms with van der Waals surface area (Å²) in [6, 6.07) is 3.93. The number of anilines is 1. The van der Waals surface area contributed by atoms with E-state index in [9.17, 15) is 0 Å². The first-order valence-electron chi connectivity index (χ1n) is 8.48. The molecule has 0 aromatic carbocycles. The third kappa shape index (κ3) is 2.87. The van der Waals surface area contributed by atoms with Gasteiger partial charge in [-0.15, -0.1) is 11.3 Å². The van der Waals surface area contributed by atoms with Gasteiger partial charge in [0.05, 0.1) is 5.39 Å². The van der Waals surface area contributed by atoms with E-state index in [0.717, 1.165) is 41.5 Å². The summed E-state index contributed by atoms with van der Waals surface area (Å²) in [5, 5.41) is 7.93. The van der Waals surface area contributed by atoms with Crippen LogP contribution >= 0.6 is 11.3 Å². The van der Waals surface area contributed by atoms with Gasteiger partial charge >= 0.3 is 0 Å². The molecule has 0 spiro atoms. The number of aryl methyl sites for hydroxylation is 2. The average Bonchev–Trinajstić information content (AvgIpc) is 3.01. The summed E-state index contributed by atoms with van der Waals surface area (Å²) in [7, 11) is 1.96. The van der Waals surface area contributed by atoms with Crippen molar-refractivity contribution in [3.05, 3.63) is 35.0 Å². The lowest BCUT2D eigenvalue weighted by Gasteiger charge is -2.13. The van der Waals surface area contributed by atoms with Crippen LogP contribution in [0.2, 0.25) is 0 Å². The Morgan fingerprint density at radius 3 is 2.75 bits per heavy atom. The van der Waals surface area contributed by atoms with Gasteiger partial charge in [-0.2, -0.15) is 0 Å². The molecule has 124 valence electrons. The number of rotatable bonds is 5. The van der Waals surface area contributed by atoms with E-state index in [0.29, 0.717) is 0 Å². The number of nitrogens with zero attached hydrogens (tertiary/aromatic N) is 3. The van der Waals surface area contributed by atoms with Crippen molar-refractivity contribution >= 4 is 27.4 Å². The fourth-order valence-electron chi connectivity index (χ4n) is 3.22. The zero-order valence-electron chi connectivity index (χ0n) is 13.8. The lowest BCUT2D eigenvalue weighted by molar-refractivity contribution is 0.700. The van der Waals surface area contributed by atoms with Gasteiger partial charge in [-0.05, 0) is 50.4 Å². The first kappa shape index (κ1) is 15.5. The predicted molar refractivity (Wildman–Crippen MR) is 99.7 cm³/mol. The van der Waals surface area contributed by atoms with Crippen molar-refractivity contribution in [3.8, 4) is 11.4 Å². The first-order valence-corrected chi connectivity index (χ1v) is 9.29. The zero-order chi connectivity index (χ0) is 16.4. The van der Waals surface area contributed by atoms with Crippen molar-refractivity contribution in [1.29, 1.82) is 0 Å². The van der Waals surface area contributed by atoms with Gasteiger partial charge < -0.3 is 10.6 Å². The molecule has 24 heavy (non-hydrogen) atoms. The summed E-state index contributed by atoms with van der Waals surface area (Å²) >= 11 is 1.84. The maximum atomic E-state index is 4.86. The number of aromatic nitrogens is 3. The predicted octanol–water partition coefficient (Wildman–Crippen LogP) is 3.26.